The third-order valence-corrected chi connectivity index (χ3v) is 5.07. The summed E-state index contributed by atoms with van der Waals surface area (Å²) in [6.45, 7) is 1.84. The van der Waals surface area contributed by atoms with E-state index < -0.39 is 28.6 Å². The van der Waals surface area contributed by atoms with Crippen molar-refractivity contribution in [2.75, 3.05) is 6.54 Å². The van der Waals surface area contributed by atoms with Crippen LogP contribution >= 0.6 is 0 Å². The Labute approximate surface area is 177 Å². The zero-order valence-corrected chi connectivity index (χ0v) is 16.6. The molecule has 1 atom stereocenters. The maximum Gasteiger partial charge on any atom is 0.303 e. The van der Waals surface area contributed by atoms with E-state index in [1.807, 2.05) is 6.92 Å². The highest BCUT2D eigenvalue weighted by atomic mass is 16.6. The number of benzene rings is 2. The minimum absolute atomic E-state index is 0.0246. The van der Waals surface area contributed by atoms with Gasteiger partial charge in [-0.3, -0.25) is 24.5 Å². The van der Waals surface area contributed by atoms with Crippen LogP contribution in [0.1, 0.15) is 35.6 Å². The molecule has 31 heavy (non-hydrogen) atoms. The highest BCUT2D eigenvalue weighted by Crippen LogP contribution is 2.40. The van der Waals surface area contributed by atoms with Gasteiger partial charge in [-0.1, -0.05) is 29.8 Å². The van der Waals surface area contributed by atoms with Crippen molar-refractivity contribution in [3.8, 4) is 0 Å². The van der Waals surface area contributed by atoms with Crippen LogP contribution < -0.4 is 0 Å². The Balaban J connectivity index is 2.10. The fourth-order valence-corrected chi connectivity index (χ4v) is 3.50. The molecule has 0 bridgehead atoms. The number of hydrogen-bond acceptors (Lipinski definition) is 6. The van der Waals surface area contributed by atoms with E-state index in [2.05, 4.69) is 0 Å². The standard InChI is InChI=1S/C22H20N2O7/c1-13-4-6-15(7-5-13)20(27)18-19(14-8-10-16(11-9-14)24(30)31)23(22(29)21(18)28)12-2-3-17(25)26/h4-11,19,27H,2-3,12H2,1H3,(H,25,26)/t19-/m0/s1. The van der Waals surface area contributed by atoms with Crippen molar-refractivity contribution in [3.63, 3.8) is 0 Å². The van der Waals surface area contributed by atoms with Gasteiger partial charge in [0, 0.05) is 30.7 Å². The minimum Gasteiger partial charge on any atom is -0.507 e. The molecule has 9 nitrogen and oxygen atoms in total. The fourth-order valence-electron chi connectivity index (χ4n) is 3.50. The number of carbonyl (C=O) groups excluding carboxylic acids is 2. The molecule has 160 valence electrons. The van der Waals surface area contributed by atoms with Crippen molar-refractivity contribution in [3.05, 3.63) is 80.9 Å². The Morgan fingerprint density at radius 1 is 1.06 bits per heavy atom. The van der Waals surface area contributed by atoms with Crippen LogP contribution in [0, 0.1) is 17.0 Å². The lowest BCUT2D eigenvalue weighted by molar-refractivity contribution is -0.384. The Morgan fingerprint density at radius 3 is 2.23 bits per heavy atom. The summed E-state index contributed by atoms with van der Waals surface area (Å²) in [7, 11) is 0. The first-order valence-corrected chi connectivity index (χ1v) is 9.52. The number of aliphatic hydroxyl groups excluding tert-OH is 1. The highest BCUT2D eigenvalue weighted by molar-refractivity contribution is 6.46. The number of nitrogens with zero attached hydrogens (tertiary/aromatic N) is 2. The van der Waals surface area contributed by atoms with Crippen LogP contribution in [-0.4, -0.2) is 44.2 Å². The molecule has 0 radical (unpaired) electrons. The number of likely N-dealkylation sites (tertiary alicyclic amines) is 1. The molecule has 0 spiro atoms. The lowest BCUT2D eigenvalue weighted by Gasteiger charge is -2.25. The predicted octanol–water partition coefficient (Wildman–Crippen LogP) is 3.19. The van der Waals surface area contributed by atoms with Gasteiger partial charge in [-0.15, -0.1) is 0 Å². The molecule has 2 N–H and O–H groups in total. The monoisotopic (exact) mass is 424 g/mol. The molecule has 1 heterocycles. The van der Waals surface area contributed by atoms with Crippen molar-refractivity contribution < 1.29 is 29.5 Å². The quantitative estimate of drug-likeness (QED) is 0.229. The van der Waals surface area contributed by atoms with Gasteiger partial charge in [-0.25, -0.2) is 0 Å². The summed E-state index contributed by atoms with van der Waals surface area (Å²) in [6, 6.07) is 11.1. The van der Waals surface area contributed by atoms with Crippen LogP contribution in [-0.2, 0) is 14.4 Å². The Hall–Kier alpha value is -4.01. The molecule has 2 aromatic carbocycles. The van der Waals surface area contributed by atoms with Gasteiger partial charge >= 0.3 is 5.97 Å². The molecular formula is C22H20N2O7. The number of nitro benzene ring substituents is 1. The molecule has 0 saturated carbocycles. The molecule has 1 fully saturated rings. The smallest absolute Gasteiger partial charge is 0.303 e. The lowest BCUT2D eigenvalue weighted by atomic mass is 9.95. The van der Waals surface area contributed by atoms with Gasteiger partial charge in [0.15, 0.2) is 0 Å². The van der Waals surface area contributed by atoms with Crippen LogP contribution in [0.4, 0.5) is 5.69 Å². The zero-order valence-electron chi connectivity index (χ0n) is 16.6. The van der Waals surface area contributed by atoms with Crippen LogP contribution in [0.2, 0.25) is 0 Å². The normalized spacial score (nSPS) is 17.7. The number of rotatable bonds is 7. The van der Waals surface area contributed by atoms with Crippen LogP contribution in [0.25, 0.3) is 5.76 Å². The molecule has 3 rings (SSSR count). The number of ketones is 1. The average Bonchev–Trinajstić information content (AvgIpc) is 2.98. The van der Waals surface area contributed by atoms with Gasteiger partial charge in [-0.05, 0) is 31.0 Å². The van der Waals surface area contributed by atoms with Crippen molar-refractivity contribution >= 4 is 29.1 Å². The molecule has 1 saturated heterocycles. The Morgan fingerprint density at radius 2 is 1.68 bits per heavy atom. The molecule has 1 aliphatic heterocycles. The lowest BCUT2D eigenvalue weighted by Crippen LogP contribution is -2.31. The van der Waals surface area contributed by atoms with Crippen molar-refractivity contribution in [1.82, 2.24) is 4.90 Å². The van der Waals surface area contributed by atoms with Crippen LogP contribution in [0.15, 0.2) is 54.1 Å². The summed E-state index contributed by atoms with van der Waals surface area (Å²) in [4.78, 5) is 48.0. The molecule has 9 heteroatoms. The molecule has 1 aliphatic rings. The number of non-ortho nitro benzene ring substituents is 1. The summed E-state index contributed by atoms with van der Waals surface area (Å²) in [5.74, 6) is -3.15. The number of aliphatic carboxylic acids is 1. The van der Waals surface area contributed by atoms with Crippen LogP contribution in [0.3, 0.4) is 0 Å². The maximum absolute atomic E-state index is 12.8. The molecule has 2 aromatic rings. The number of hydrogen-bond donors (Lipinski definition) is 2. The molecule has 0 unspecified atom stereocenters. The van der Waals surface area contributed by atoms with Gasteiger partial charge in [0.05, 0.1) is 16.5 Å². The number of nitro groups is 1. The van der Waals surface area contributed by atoms with E-state index in [0.717, 1.165) is 5.56 Å². The average molecular weight is 424 g/mol. The summed E-state index contributed by atoms with van der Waals surface area (Å²) in [6.07, 6.45) is -0.0929. The number of carbonyl (C=O) groups is 3. The summed E-state index contributed by atoms with van der Waals surface area (Å²) >= 11 is 0. The number of amides is 1. The first-order chi connectivity index (χ1) is 14.7. The second-order valence-electron chi connectivity index (χ2n) is 7.20. The van der Waals surface area contributed by atoms with Gasteiger partial charge in [0.1, 0.15) is 5.76 Å². The number of aryl methyl sites for hydroxylation is 1. The molecular weight excluding hydrogens is 404 g/mol. The van der Waals surface area contributed by atoms with Gasteiger partial charge in [0.25, 0.3) is 17.4 Å². The van der Waals surface area contributed by atoms with Crippen molar-refractivity contribution in [2.24, 2.45) is 0 Å². The first-order valence-electron chi connectivity index (χ1n) is 9.52. The van der Waals surface area contributed by atoms with E-state index in [1.165, 1.54) is 29.2 Å². The first kappa shape index (κ1) is 21.7. The van der Waals surface area contributed by atoms with E-state index in [0.29, 0.717) is 11.1 Å². The second-order valence-corrected chi connectivity index (χ2v) is 7.20. The van der Waals surface area contributed by atoms with E-state index in [4.69, 9.17) is 5.11 Å². The van der Waals surface area contributed by atoms with Gasteiger partial charge in [-0.2, -0.15) is 0 Å². The third-order valence-electron chi connectivity index (χ3n) is 5.07. The van der Waals surface area contributed by atoms with Crippen molar-refractivity contribution in [2.45, 2.75) is 25.8 Å². The number of carboxylic acids is 1. The Kier molecular flexibility index (Phi) is 6.15. The minimum atomic E-state index is -1.04. The second kappa shape index (κ2) is 8.78. The zero-order chi connectivity index (χ0) is 22.7. The van der Waals surface area contributed by atoms with E-state index >= 15 is 0 Å². The topological polar surface area (TPSA) is 138 Å². The summed E-state index contributed by atoms with van der Waals surface area (Å²) in [5, 5.41) is 30.8. The predicted molar refractivity (Wildman–Crippen MR) is 110 cm³/mol. The number of carboxylic acid groups (broad SMARTS) is 1. The molecule has 1 amide bonds. The maximum atomic E-state index is 12.8. The SMILES string of the molecule is Cc1ccc(C(O)=C2C(=O)C(=O)N(CCCC(=O)O)[C@H]2c2ccc([N+](=O)[O-])cc2)cc1. The molecule has 0 aromatic heterocycles. The van der Waals surface area contributed by atoms with Crippen LogP contribution in [0.5, 0.6) is 0 Å². The third kappa shape index (κ3) is 4.45. The van der Waals surface area contributed by atoms with E-state index in [1.54, 1.807) is 24.3 Å². The van der Waals surface area contributed by atoms with E-state index in [9.17, 15) is 29.6 Å². The van der Waals surface area contributed by atoms with E-state index in [-0.39, 0.29) is 36.4 Å². The summed E-state index contributed by atoms with van der Waals surface area (Å²) < 4.78 is 0. The Bertz CT molecular complexity index is 1070. The largest absolute Gasteiger partial charge is 0.507 e. The van der Waals surface area contributed by atoms with Gasteiger partial charge < -0.3 is 15.1 Å². The molecule has 0 aliphatic carbocycles. The van der Waals surface area contributed by atoms with Crippen molar-refractivity contribution in [1.29, 1.82) is 0 Å². The summed E-state index contributed by atoms with van der Waals surface area (Å²) in [5.41, 5.74) is 1.38. The van der Waals surface area contributed by atoms with Gasteiger partial charge in [0.2, 0.25) is 0 Å². The number of Topliss-reactive ketones (excluding diaryl/α,β-unsaturated/α-hetero) is 1. The fraction of sp³-hybridized carbons (Fsp3) is 0.227. The highest BCUT2D eigenvalue weighted by Gasteiger charge is 2.45. The number of aliphatic hydroxyl groups is 1.